The van der Waals surface area contributed by atoms with Crippen molar-refractivity contribution in [2.45, 2.75) is 45.6 Å². The Morgan fingerprint density at radius 2 is 2.18 bits per heavy atom. The molecule has 2 heterocycles. The molecule has 1 aromatic carbocycles. The predicted octanol–water partition coefficient (Wildman–Crippen LogP) is 3.34. The number of aromatic nitrogens is 2. The number of carbonyl (C=O) groups excluding carboxylic acids is 1. The van der Waals surface area contributed by atoms with Crippen molar-refractivity contribution < 1.29 is 13.6 Å². The highest BCUT2D eigenvalue weighted by Crippen LogP contribution is 2.28. The first kappa shape index (κ1) is 19.9. The summed E-state index contributed by atoms with van der Waals surface area (Å²) in [5.74, 6) is -2.82. The van der Waals surface area contributed by atoms with Crippen LogP contribution < -0.4 is 10.9 Å². The zero-order chi connectivity index (χ0) is 20.3. The Kier molecular flexibility index (Phi) is 5.67. The Labute approximate surface area is 161 Å². The predicted molar refractivity (Wildman–Crippen MR) is 105 cm³/mol. The molecule has 0 saturated carbocycles. The van der Waals surface area contributed by atoms with Crippen LogP contribution in [0.5, 0.6) is 0 Å². The number of rotatable bonds is 4. The Bertz CT molecular complexity index is 1020. The Balaban J connectivity index is 1.96. The minimum Gasteiger partial charge on any atom is -0.321 e. The molecule has 6 nitrogen and oxygen atoms in total. The highest BCUT2D eigenvalue weighted by Gasteiger charge is 2.32. The number of carbonyl (C=O) groups is 1. The average molecular weight is 388 g/mol. The van der Waals surface area contributed by atoms with Crippen molar-refractivity contribution in [3.05, 3.63) is 46.5 Å². The van der Waals surface area contributed by atoms with E-state index in [9.17, 15) is 18.4 Å². The van der Waals surface area contributed by atoms with Crippen LogP contribution in [-0.4, -0.2) is 33.6 Å². The van der Waals surface area contributed by atoms with E-state index in [2.05, 4.69) is 15.3 Å². The van der Waals surface area contributed by atoms with Crippen LogP contribution >= 0.6 is 0 Å². The van der Waals surface area contributed by atoms with E-state index in [1.165, 1.54) is 4.57 Å². The minimum absolute atomic E-state index is 0.0311. The van der Waals surface area contributed by atoms with Gasteiger partial charge in [0.05, 0.1) is 10.9 Å². The third-order valence-corrected chi connectivity index (χ3v) is 4.59. The summed E-state index contributed by atoms with van der Waals surface area (Å²) in [6.07, 6.45) is 2.67. The second-order valence-corrected chi connectivity index (χ2v) is 6.64. The van der Waals surface area contributed by atoms with Gasteiger partial charge in [0.15, 0.2) is 0 Å². The second-order valence-electron chi connectivity index (χ2n) is 6.64. The molecular formula is C20H22F2N4O2. The summed E-state index contributed by atoms with van der Waals surface area (Å²) >= 11 is 0. The lowest BCUT2D eigenvalue weighted by molar-refractivity contribution is -0.110. The summed E-state index contributed by atoms with van der Waals surface area (Å²) in [7, 11) is 0. The summed E-state index contributed by atoms with van der Waals surface area (Å²) < 4.78 is 28.8. The van der Waals surface area contributed by atoms with Crippen LogP contribution in [0.3, 0.4) is 0 Å². The number of nitrogens with one attached hydrogen (secondary N) is 1. The van der Waals surface area contributed by atoms with Crippen LogP contribution in [0.1, 0.15) is 32.5 Å². The number of aliphatic imine (C=N–C) groups is 1. The number of amides is 1. The molecule has 0 unspecified atom stereocenters. The SMILES string of the molecule is C/C=C\C(=NCC)C(=O)Nc1ccc2c(=O)n3c(nc2c1)CCC(F)(F)CC3. The molecule has 1 amide bonds. The summed E-state index contributed by atoms with van der Waals surface area (Å²) in [4.78, 5) is 33.7. The van der Waals surface area contributed by atoms with Gasteiger partial charge in [0, 0.05) is 38.0 Å². The molecule has 1 aliphatic heterocycles. The highest BCUT2D eigenvalue weighted by molar-refractivity contribution is 6.47. The first-order chi connectivity index (χ1) is 13.3. The molecule has 1 N–H and O–H groups in total. The van der Waals surface area contributed by atoms with Crippen LogP contribution in [-0.2, 0) is 17.8 Å². The Hall–Kier alpha value is -2.90. The quantitative estimate of drug-likeness (QED) is 0.816. The number of nitrogens with zero attached hydrogens (tertiary/aromatic N) is 3. The number of halogens is 2. The normalized spacial score (nSPS) is 16.8. The van der Waals surface area contributed by atoms with E-state index in [0.717, 1.165) is 0 Å². The number of benzene rings is 1. The summed E-state index contributed by atoms with van der Waals surface area (Å²) in [6.45, 7) is 4.04. The lowest BCUT2D eigenvalue weighted by Gasteiger charge is -2.12. The molecule has 3 rings (SSSR count). The van der Waals surface area contributed by atoms with Crippen molar-refractivity contribution in [3.8, 4) is 0 Å². The molecular weight excluding hydrogens is 366 g/mol. The average Bonchev–Trinajstić information content (AvgIpc) is 2.80. The van der Waals surface area contributed by atoms with E-state index in [-0.39, 0.29) is 37.3 Å². The van der Waals surface area contributed by atoms with E-state index in [1.54, 1.807) is 37.3 Å². The Morgan fingerprint density at radius 3 is 2.89 bits per heavy atom. The van der Waals surface area contributed by atoms with Crippen LogP contribution in [0, 0.1) is 0 Å². The van der Waals surface area contributed by atoms with Gasteiger partial charge >= 0.3 is 0 Å². The zero-order valence-corrected chi connectivity index (χ0v) is 15.8. The molecule has 2 aromatic rings. The third-order valence-electron chi connectivity index (χ3n) is 4.59. The molecule has 0 bridgehead atoms. The standard InChI is InChI=1S/C20H22F2N4O2/c1-3-5-15(23-4-2)18(27)24-13-6-7-14-16(12-13)25-17-8-9-20(21,22)10-11-26(17)19(14)28/h3,5-7,12H,4,8-11H2,1-2H3,(H,24,27)/b5-3-,23-15?. The van der Waals surface area contributed by atoms with Gasteiger partial charge in [-0.1, -0.05) is 6.08 Å². The van der Waals surface area contributed by atoms with Crippen LogP contribution in [0.15, 0.2) is 40.1 Å². The first-order valence-electron chi connectivity index (χ1n) is 9.24. The lowest BCUT2D eigenvalue weighted by atomic mass is 10.1. The molecule has 0 radical (unpaired) electrons. The number of hydrogen-bond acceptors (Lipinski definition) is 4. The monoisotopic (exact) mass is 388 g/mol. The van der Waals surface area contributed by atoms with E-state index < -0.39 is 5.92 Å². The van der Waals surface area contributed by atoms with E-state index in [4.69, 9.17) is 0 Å². The van der Waals surface area contributed by atoms with Crippen molar-refractivity contribution in [3.63, 3.8) is 0 Å². The van der Waals surface area contributed by atoms with Crippen LogP contribution in [0.4, 0.5) is 14.5 Å². The van der Waals surface area contributed by atoms with E-state index in [1.807, 2.05) is 6.92 Å². The van der Waals surface area contributed by atoms with Crippen LogP contribution in [0.2, 0.25) is 0 Å². The van der Waals surface area contributed by atoms with Gasteiger partial charge in [-0.25, -0.2) is 13.8 Å². The van der Waals surface area contributed by atoms with Crippen molar-refractivity contribution >= 4 is 28.2 Å². The van der Waals surface area contributed by atoms with Gasteiger partial charge in [-0.15, -0.1) is 0 Å². The van der Waals surface area contributed by atoms with Crippen LogP contribution in [0.25, 0.3) is 10.9 Å². The maximum Gasteiger partial charge on any atom is 0.273 e. The van der Waals surface area contributed by atoms with Gasteiger partial charge in [-0.05, 0) is 38.1 Å². The van der Waals surface area contributed by atoms with Crippen molar-refractivity contribution in [1.82, 2.24) is 9.55 Å². The molecule has 0 atom stereocenters. The highest BCUT2D eigenvalue weighted by atomic mass is 19.3. The lowest BCUT2D eigenvalue weighted by Crippen LogP contribution is -2.25. The molecule has 1 aromatic heterocycles. The second kappa shape index (κ2) is 8.00. The fourth-order valence-electron chi connectivity index (χ4n) is 3.18. The molecule has 0 fully saturated rings. The Morgan fingerprint density at radius 1 is 1.39 bits per heavy atom. The van der Waals surface area contributed by atoms with Gasteiger partial charge in [0.25, 0.3) is 11.5 Å². The van der Waals surface area contributed by atoms with Crippen molar-refractivity contribution in [1.29, 1.82) is 0 Å². The zero-order valence-electron chi connectivity index (χ0n) is 15.8. The topological polar surface area (TPSA) is 76.3 Å². The molecule has 148 valence electrons. The molecule has 0 spiro atoms. The molecule has 28 heavy (non-hydrogen) atoms. The van der Waals surface area contributed by atoms with Gasteiger partial charge in [-0.2, -0.15) is 0 Å². The number of anilines is 1. The molecule has 0 saturated heterocycles. The van der Waals surface area contributed by atoms with Gasteiger partial charge in [0.2, 0.25) is 5.92 Å². The van der Waals surface area contributed by atoms with Crippen molar-refractivity contribution in [2.75, 3.05) is 11.9 Å². The van der Waals surface area contributed by atoms with E-state index >= 15 is 0 Å². The van der Waals surface area contributed by atoms with E-state index in [0.29, 0.717) is 34.7 Å². The third kappa shape index (κ3) is 4.16. The number of allylic oxidation sites excluding steroid dienone is 1. The molecule has 1 aliphatic rings. The smallest absolute Gasteiger partial charge is 0.273 e. The van der Waals surface area contributed by atoms with Gasteiger partial charge in [-0.3, -0.25) is 19.1 Å². The largest absolute Gasteiger partial charge is 0.321 e. The number of alkyl halides is 2. The summed E-state index contributed by atoms with van der Waals surface area (Å²) in [6, 6.07) is 4.74. The summed E-state index contributed by atoms with van der Waals surface area (Å²) in [5.41, 5.74) is 0.793. The number of hydrogen-bond donors (Lipinski definition) is 1. The summed E-state index contributed by atoms with van der Waals surface area (Å²) in [5, 5.41) is 3.07. The number of aryl methyl sites for hydroxylation is 1. The van der Waals surface area contributed by atoms with Gasteiger partial charge < -0.3 is 5.32 Å². The van der Waals surface area contributed by atoms with Gasteiger partial charge in [0.1, 0.15) is 11.5 Å². The minimum atomic E-state index is -2.80. The molecule has 8 heteroatoms. The van der Waals surface area contributed by atoms with Crippen molar-refractivity contribution in [2.24, 2.45) is 4.99 Å². The maximum atomic E-state index is 13.7. The first-order valence-corrected chi connectivity index (χ1v) is 9.24. The maximum absolute atomic E-state index is 13.7. The molecule has 0 aliphatic carbocycles. The number of fused-ring (bicyclic) bond motifs is 2. The fraction of sp³-hybridized carbons (Fsp3) is 0.400. The fourth-order valence-corrected chi connectivity index (χ4v) is 3.18.